The van der Waals surface area contributed by atoms with E-state index in [4.69, 9.17) is 9.47 Å². The Morgan fingerprint density at radius 1 is 0.754 bits per heavy atom. The van der Waals surface area contributed by atoms with Crippen LogP contribution in [0.2, 0.25) is 0 Å². The minimum Gasteiger partial charge on any atom is -0.480 e. The standard InChI is InChI=1S/C55H64N4O8S2/c1-38(2)48(50(61)58-34-41-24-20-19-23-40(41)33-47(58)49(60)57-46(51(62)63)31-32-68-6)59(53(65)66-36-39-21-11-7-12-22-39)35-45(56-52(64)67-54(3,4)5)37-69-55(42-25-13-8-14-26-42,43-27-15-9-16-28-43)44-29-17-10-18-30-44/h7-30,38,45-48H,31-37H2,1-6H3,(H,56,64)(H,57,60)(H,62,63)/t45?,46-,47+,48-/m0/s1. The maximum Gasteiger partial charge on any atom is 0.410 e. The second kappa shape index (κ2) is 24.3. The summed E-state index contributed by atoms with van der Waals surface area (Å²) in [5, 5.41) is 15.9. The van der Waals surface area contributed by atoms with Crippen LogP contribution in [-0.2, 0) is 48.2 Å². The zero-order chi connectivity index (χ0) is 49.6. The number of carbonyl (C=O) groups is 5. The van der Waals surface area contributed by atoms with Crippen molar-refractivity contribution >= 4 is 53.5 Å². The van der Waals surface area contributed by atoms with Gasteiger partial charge in [-0.2, -0.15) is 11.8 Å². The minimum atomic E-state index is -1.21. The first kappa shape index (κ1) is 52.1. The van der Waals surface area contributed by atoms with Gasteiger partial charge in [0.25, 0.3) is 0 Å². The molecule has 0 saturated carbocycles. The molecule has 4 amide bonds. The average Bonchev–Trinajstić information content (AvgIpc) is 3.34. The molecule has 5 aromatic carbocycles. The molecule has 69 heavy (non-hydrogen) atoms. The van der Waals surface area contributed by atoms with E-state index >= 15 is 4.79 Å². The van der Waals surface area contributed by atoms with Crippen molar-refractivity contribution in [2.24, 2.45) is 5.92 Å². The third kappa shape index (κ3) is 13.7. The zero-order valence-electron chi connectivity index (χ0n) is 40.2. The van der Waals surface area contributed by atoms with Crippen LogP contribution >= 0.6 is 23.5 Å². The number of rotatable bonds is 20. The molecule has 0 fully saturated rings. The van der Waals surface area contributed by atoms with E-state index in [1.165, 1.54) is 21.6 Å². The number of ether oxygens (including phenoxy) is 2. The summed E-state index contributed by atoms with van der Waals surface area (Å²) < 4.78 is 11.1. The monoisotopic (exact) mass is 972 g/mol. The molecule has 0 radical (unpaired) electrons. The summed E-state index contributed by atoms with van der Waals surface area (Å²) >= 11 is 3.05. The SMILES string of the molecule is CSCC[C@H](NC(=O)[C@H]1Cc2ccccc2CN1C(=O)[C@H](C(C)C)N(CC(CSC(c1ccccc1)(c1ccccc1)c1ccccc1)NC(=O)OC(C)(C)C)C(=O)OCc1ccccc1)C(=O)O. The highest BCUT2D eigenvalue weighted by atomic mass is 32.2. The summed E-state index contributed by atoms with van der Waals surface area (Å²) in [6.07, 6.45) is 0.682. The van der Waals surface area contributed by atoms with Crippen LogP contribution < -0.4 is 10.6 Å². The van der Waals surface area contributed by atoms with Gasteiger partial charge in [0.15, 0.2) is 0 Å². The van der Waals surface area contributed by atoms with Gasteiger partial charge >= 0.3 is 18.2 Å². The number of fused-ring (bicyclic) bond motifs is 1. The molecule has 364 valence electrons. The second-order valence-corrected chi connectivity index (χ2v) is 20.7. The van der Waals surface area contributed by atoms with E-state index in [-0.39, 0.29) is 38.3 Å². The molecule has 6 rings (SSSR count). The van der Waals surface area contributed by atoms with Gasteiger partial charge in [-0.15, -0.1) is 11.8 Å². The van der Waals surface area contributed by atoms with Crippen molar-refractivity contribution in [3.63, 3.8) is 0 Å². The van der Waals surface area contributed by atoms with E-state index < -0.39 is 70.4 Å². The van der Waals surface area contributed by atoms with Crippen LogP contribution in [0, 0.1) is 5.92 Å². The number of alkyl carbamates (subject to hydrolysis) is 1. The number of aliphatic carboxylic acids is 1. The molecular weight excluding hydrogens is 909 g/mol. The van der Waals surface area contributed by atoms with Gasteiger partial charge in [-0.05, 0) is 78.5 Å². The lowest BCUT2D eigenvalue weighted by Gasteiger charge is -2.42. The summed E-state index contributed by atoms with van der Waals surface area (Å²) in [4.78, 5) is 74.0. The van der Waals surface area contributed by atoms with Crippen molar-refractivity contribution in [3.05, 3.63) is 179 Å². The fraction of sp³-hybridized carbons (Fsp3) is 0.364. The summed E-state index contributed by atoms with van der Waals surface area (Å²) in [6, 6.07) is 42.8. The van der Waals surface area contributed by atoms with E-state index in [0.29, 0.717) is 5.75 Å². The van der Waals surface area contributed by atoms with Crippen LogP contribution in [0.3, 0.4) is 0 Å². The number of thioether (sulfide) groups is 2. The number of carboxylic acid groups (broad SMARTS) is 1. The molecular formula is C55H64N4O8S2. The molecule has 1 heterocycles. The summed E-state index contributed by atoms with van der Waals surface area (Å²) in [5.74, 6) is -2.12. The first-order valence-electron chi connectivity index (χ1n) is 23.3. The number of carboxylic acids is 1. The number of hydrogen-bond acceptors (Lipinski definition) is 9. The largest absolute Gasteiger partial charge is 0.480 e. The number of amides is 4. The van der Waals surface area contributed by atoms with Gasteiger partial charge in [0.2, 0.25) is 11.8 Å². The number of benzene rings is 5. The molecule has 0 saturated heterocycles. The maximum absolute atomic E-state index is 15.6. The summed E-state index contributed by atoms with van der Waals surface area (Å²) in [7, 11) is 0. The summed E-state index contributed by atoms with van der Waals surface area (Å²) in [5.41, 5.74) is 4.53. The first-order valence-corrected chi connectivity index (χ1v) is 25.7. The molecule has 0 spiro atoms. The number of nitrogens with zero attached hydrogens (tertiary/aromatic N) is 2. The Kier molecular flexibility index (Phi) is 18.4. The molecule has 14 heteroatoms. The van der Waals surface area contributed by atoms with Gasteiger partial charge in [0, 0.05) is 25.3 Å². The van der Waals surface area contributed by atoms with Crippen LogP contribution in [-0.4, -0.2) is 99.0 Å². The van der Waals surface area contributed by atoms with Crippen LogP contribution in [0.5, 0.6) is 0 Å². The summed E-state index contributed by atoms with van der Waals surface area (Å²) in [6.45, 7) is 8.71. The molecule has 0 aliphatic carbocycles. The third-order valence-electron chi connectivity index (χ3n) is 11.9. The van der Waals surface area contributed by atoms with Crippen molar-refractivity contribution in [2.75, 3.05) is 24.3 Å². The molecule has 4 atom stereocenters. The fourth-order valence-corrected chi connectivity index (χ4v) is 10.7. The van der Waals surface area contributed by atoms with Gasteiger partial charge in [-0.25, -0.2) is 14.4 Å². The molecule has 0 aromatic heterocycles. The normalized spacial score (nSPS) is 14.9. The average molecular weight is 973 g/mol. The Bertz CT molecular complexity index is 2380. The molecule has 3 N–H and O–H groups in total. The Morgan fingerprint density at radius 2 is 1.28 bits per heavy atom. The van der Waals surface area contributed by atoms with E-state index in [0.717, 1.165) is 33.4 Å². The van der Waals surface area contributed by atoms with Crippen molar-refractivity contribution in [1.29, 1.82) is 0 Å². The van der Waals surface area contributed by atoms with Gasteiger partial charge in [0.05, 0.1) is 10.8 Å². The topological polar surface area (TPSA) is 155 Å². The van der Waals surface area contributed by atoms with Crippen molar-refractivity contribution < 1.29 is 38.6 Å². The second-order valence-electron chi connectivity index (χ2n) is 18.5. The highest BCUT2D eigenvalue weighted by Gasteiger charge is 2.45. The van der Waals surface area contributed by atoms with Crippen LogP contribution in [0.25, 0.3) is 0 Å². The number of nitrogens with one attached hydrogen (secondary N) is 2. The lowest BCUT2D eigenvalue weighted by Crippen LogP contribution is -2.62. The van der Waals surface area contributed by atoms with E-state index in [1.54, 1.807) is 32.5 Å². The lowest BCUT2D eigenvalue weighted by atomic mass is 9.84. The van der Waals surface area contributed by atoms with Gasteiger partial charge in [0.1, 0.15) is 30.3 Å². The number of carbonyl (C=O) groups excluding carboxylic acids is 4. The van der Waals surface area contributed by atoms with E-state index in [2.05, 4.69) is 47.0 Å². The molecule has 1 unspecified atom stereocenters. The smallest absolute Gasteiger partial charge is 0.410 e. The fourth-order valence-electron chi connectivity index (χ4n) is 8.65. The maximum atomic E-state index is 15.6. The highest BCUT2D eigenvalue weighted by molar-refractivity contribution is 8.00. The third-order valence-corrected chi connectivity index (χ3v) is 14.3. The van der Waals surface area contributed by atoms with Gasteiger partial charge < -0.3 is 30.1 Å². The highest BCUT2D eigenvalue weighted by Crippen LogP contribution is 2.48. The quantitative estimate of drug-likeness (QED) is 0.0643. The Hall–Kier alpha value is -6.25. The number of hydrogen-bond donors (Lipinski definition) is 3. The Balaban J connectivity index is 1.44. The van der Waals surface area contributed by atoms with E-state index in [9.17, 15) is 24.3 Å². The molecule has 5 aromatic rings. The zero-order valence-corrected chi connectivity index (χ0v) is 41.8. The minimum absolute atomic E-state index is 0.0367. The predicted molar refractivity (Wildman–Crippen MR) is 274 cm³/mol. The van der Waals surface area contributed by atoms with Crippen molar-refractivity contribution in [2.45, 2.75) is 95.1 Å². The predicted octanol–water partition coefficient (Wildman–Crippen LogP) is 9.54. The van der Waals surface area contributed by atoms with E-state index in [1.807, 2.05) is 129 Å². The van der Waals surface area contributed by atoms with Crippen LogP contribution in [0.4, 0.5) is 9.59 Å². The molecule has 12 nitrogen and oxygen atoms in total. The van der Waals surface area contributed by atoms with Gasteiger partial charge in [-0.1, -0.05) is 159 Å². The molecule has 1 aliphatic heterocycles. The molecule has 1 aliphatic rings. The van der Waals surface area contributed by atoms with Gasteiger partial charge in [-0.3, -0.25) is 14.5 Å². The van der Waals surface area contributed by atoms with Crippen molar-refractivity contribution in [3.8, 4) is 0 Å². The van der Waals surface area contributed by atoms with Crippen molar-refractivity contribution in [1.82, 2.24) is 20.4 Å². The Labute approximate surface area is 414 Å². The lowest BCUT2D eigenvalue weighted by molar-refractivity contribution is -0.148. The molecule has 0 bridgehead atoms. The first-order chi connectivity index (χ1) is 33.1. The van der Waals surface area contributed by atoms with Crippen LogP contribution in [0.1, 0.15) is 74.4 Å². The Morgan fingerprint density at radius 3 is 1.78 bits per heavy atom. The van der Waals surface area contributed by atoms with Crippen LogP contribution in [0.15, 0.2) is 146 Å².